The number of nitrogens with two attached hydrogens (primary N) is 1. The molecule has 2 N–H and O–H groups in total. The lowest BCUT2D eigenvalue weighted by Crippen LogP contribution is -2.11. The number of pyridine rings is 2. The second kappa shape index (κ2) is 5.80. The van der Waals surface area contributed by atoms with Crippen LogP contribution in [0, 0.1) is 0 Å². The molecule has 124 valence electrons. The van der Waals surface area contributed by atoms with E-state index in [2.05, 4.69) is 10.1 Å². The number of aromatic nitrogens is 3. The molecule has 0 fully saturated rings. The summed E-state index contributed by atoms with van der Waals surface area (Å²) in [4.78, 5) is 4.25. The molecule has 25 heavy (non-hydrogen) atoms. The van der Waals surface area contributed by atoms with Gasteiger partial charge in [0.15, 0.2) is 0 Å². The van der Waals surface area contributed by atoms with Crippen molar-refractivity contribution in [3.63, 3.8) is 0 Å². The molecule has 6 nitrogen and oxygen atoms in total. The van der Waals surface area contributed by atoms with E-state index in [0.717, 1.165) is 27.9 Å². The Morgan fingerprint density at radius 2 is 1.72 bits per heavy atom. The van der Waals surface area contributed by atoms with E-state index in [9.17, 15) is 8.42 Å². The zero-order valence-electron chi connectivity index (χ0n) is 13.1. The molecule has 0 spiro atoms. The van der Waals surface area contributed by atoms with Gasteiger partial charge >= 0.3 is 0 Å². The Morgan fingerprint density at radius 1 is 0.920 bits per heavy atom. The average Bonchev–Trinajstić information content (AvgIpc) is 3.01. The van der Waals surface area contributed by atoms with Crippen molar-refractivity contribution in [2.45, 2.75) is 4.90 Å². The quantitative estimate of drug-likeness (QED) is 0.615. The highest BCUT2D eigenvalue weighted by Crippen LogP contribution is 2.35. The largest absolute Gasteiger partial charge is 0.264 e. The Bertz CT molecular complexity index is 1150. The van der Waals surface area contributed by atoms with Gasteiger partial charge in [0.1, 0.15) is 5.69 Å². The molecule has 0 aliphatic heterocycles. The van der Waals surface area contributed by atoms with Crippen molar-refractivity contribution in [2.24, 2.45) is 5.14 Å². The first-order valence-electron chi connectivity index (χ1n) is 7.55. The maximum absolute atomic E-state index is 11.5. The standard InChI is InChI=1S/C18H14N4O2S/c19-25(23,24)15-8-6-13(7-9-15)17-16-5-1-2-11-22(16)21-18(17)14-4-3-10-20-12-14/h1-12H,(H2,19,23,24). The van der Waals surface area contributed by atoms with Gasteiger partial charge in [-0.3, -0.25) is 4.98 Å². The molecule has 3 heterocycles. The second-order valence-electron chi connectivity index (χ2n) is 5.57. The molecule has 0 unspecified atom stereocenters. The van der Waals surface area contributed by atoms with Crippen LogP contribution in [0.15, 0.2) is 78.1 Å². The molecule has 0 atom stereocenters. The van der Waals surface area contributed by atoms with Crippen LogP contribution < -0.4 is 5.14 Å². The summed E-state index contributed by atoms with van der Waals surface area (Å²) in [5, 5.41) is 9.85. The van der Waals surface area contributed by atoms with Crippen molar-refractivity contribution in [1.29, 1.82) is 0 Å². The Hall–Kier alpha value is -3.03. The third kappa shape index (κ3) is 2.79. The van der Waals surface area contributed by atoms with E-state index in [1.807, 2.05) is 36.5 Å². The summed E-state index contributed by atoms with van der Waals surface area (Å²) in [7, 11) is -3.72. The van der Waals surface area contributed by atoms with Crippen LogP contribution in [0.2, 0.25) is 0 Å². The molecule has 0 bridgehead atoms. The maximum Gasteiger partial charge on any atom is 0.238 e. The van der Waals surface area contributed by atoms with Crippen LogP contribution in [0.25, 0.3) is 27.9 Å². The number of primary sulfonamides is 1. The van der Waals surface area contributed by atoms with Crippen LogP contribution in [0.4, 0.5) is 0 Å². The lowest BCUT2D eigenvalue weighted by Gasteiger charge is -2.05. The van der Waals surface area contributed by atoms with Gasteiger partial charge < -0.3 is 0 Å². The van der Waals surface area contributed by atoms with E-state index in [1.165, 1.54) is 12.1 Å². The van der Waals surface area contributed by atoms with E-state index in [4.69, 9.17) is 5.14 Å². The Kier molecular flexibility index (Phi) is 3.60. The molecule has 4 rings (SSSR count). The first kappa shape index (κ1) is 15.5. The van der Waals surface area contributed by atoms with Crippen molar-refractivity contribution >= 4 is 15.5 Å². The molecule has 1 aromatic carbocycles. The minimum Gasteiger partial charge on any atom is -0.264 e. The van der Waals surface area contributed by atoms with Crippen LogP contribution in [-0.2, 0) is 10.0 Å². The number of hydrogen-bond donors (Lipinski definition) is 1. The molecule has 0 aliphatic carbocycles. The van der Waals surface area contributed by atoms with Crippen molar-refractivity contribution in [3.8, 4) is 22.4 Å². The third-order valence-corrected chi connectivity index (χ3v) is 4.88. The lowest BCUT2D eigenvalue weighted by atomic mass is 10.0. The van der Waals surface area contributed by atoms with Crippen molar-refractivity contribution < 1.29 is 8.42 Å². The molecule has 7 heteroatoms. The van der Waals surface area contributed by atoms with E-state index >= 15 is 0 Å². The predicted molar refractivity (Wildman–Crippen MR) is 95.2 cm³/mol. The summed E-state index contributed by atoms with van der Waals surface area (Å²) in [6, 6.07) is 16.1. The number of benzene rings is 1. The van der Waals surface area contributed by atoms with Gasteiger partial charge in [0.2, 0.25) is 10.0 Å². The zero-order valence-corrected chi connectivity index (χ0v) is 13.9. The molecule has 0 aliphatic rings. The molecule has 0 saturated carbocycles. The Labute approximate surface area is 144 Å². The van der Waals surface area contributed by atoms with Crippen LogP contribution >= 0.6 is 0 Å². The summed E-state index contributed by atoms with van der Waals surface area (Å²) >= 11 is 0. The number of hydrogen-bond acceptors (Lipinski definition) is 4. The van der Waals surface area contributed by atoms with Crippen LogP contribution in [0.1, 0.15) is 0 Å². The van der Waals surface area contributed by atoms with Crippen LogP contribution in [0.5, 0.6) is 0 Å². The summed E-state index contributed by atoms with van der Waals surface area (Å²) < 4.78 is 24.8. The highest BCUT2D eigenvalue weighted by molar-refractivity contribution is 7.89. The predicted octanol–water partition coefficient (Wildman–Crippen LogP) is 2.71. The van der Waals surface area contributed by atoms with Gasteiger partial charge in [-0.15, -0.1) is 0 Å². The van der Waals surface area contributed by atoms with E-state index in [-0.39, 0.29) is 4.90 Å². The first-order valence-corrected chi connectivity index (χ1v) is 9.10. The average molecular weight is 350 g/mol. The molecule has 4 aromatic rings. The Balaban J connectivity index is 1.97. The summed E-state index contributed by atoms with van der Waals surface area (Å²) in [5.74, 6) is 0. The number of sulfonamides is 1. The number of nitrogens with zero attached hydrogens (tertiary/aromatic N) is 3. The highest BCUT2D eigenvalue weighted by atomic mass is 32.2. The monoisotopic (exact) mass is 350 g/mol. The van der Waals surface area contributed by atoms with E-state index < -0.39 is 10.0 Å². The van der Waals surface area contributed by atoms with Gasteiger partial charge in [-0.05, 0) is 42.0 Å². The summed E-state index contributed by atoms with van der Waals surface area (Å²) in [5.41, 5.74) is 4.35. The fraction of sp³-hybridized carbons (Fsp3) is 0. The third-order valence-electron chi connectivity index (χ3n) is 3.95. The van der Waals surface area contributed by atoms with Crippen LogP contribution in [-0.4, -0.2) is 23.0 Å². The topological polar surface area (TPSA) is 90.4 Å². The smallest absolute Gasteiger partial charge is 0.238 e. The molecular weight excluding hydrogens is 336 g/mol. The molecule has 0 saturated heterocycles. The molecular formula is C18H14N4O2S. The summed E-state index contributed by atoms with van der Waals surface area (Å²) in [6.07, 6.45) is 5.33. The zero-order chi connectivity index (χ0) is 17.4. The fourth-order valence-electron chi connectivity index (χ4n) is 2.80. The van der Waals surface area contributed by atoms with Gasteiger partial charge in [-0.2, -0.15) is 5.10 Å². The van der Waals surface area contributed by atoms with E-state index in [1.54, 1.807) is 29.0 Å². The Morgan fingerprint density at radius 3 is 2.40 bits per heavy atom. The van der Waals surface area contributed by atoms with Crippen molar-refractivity contribution in [1.82, 2.24) is 14.6 Å². The minimum absolute atomic E-state index is 0.0793. The van der Waals surface area contributed by atoms with Gasteiger partial charge in [-0.1, -0.05) is 18.2 Å². The van der Waals surface area contributed by atoms with Gasteiger partial charge in [-0.25, -0.2) is 18.1 Å². The molecule has 3 aromatic heterocycles. The van der Waals surface area contributed by atoms with Crippen LogP contribution in [0.3, 0.4) is 0 Å². The van der Waals surface area contributed by atoms with Gasteiger partial charge in [0.25, 0.3) is 0 Å². The number of fused-ring (bicyclic) bond motifs is 1. The molecule has 0 amide bonds. The lowest BCUT2D eigenvalue weighted by molar-refractivity contribution is 0.598. The van der Waals surface area contributed by atoms with Gasteiger partial charge in [0.05, 0.1) is 10.4 Å². The van der Waals surface area contributed by atoms with Gasteiger partial charge in [0, 0.05) is 29.7 Å². The first-order chi connectivity index (χ1) is 12.0. The minimum atomic E-state index is -3.72. The SMILES string of the molecule is NS(=O)(=O)c1ccc(-c2c(-c3cccnc3)nn3ccccc23)cc1. The second-order valence-corrected chi connectivity index (χ2v) is 7.13. The van der Waals surface area contributed by atoms with Crippen molar-refractivity contribution in [2.75, 3.05) is 0 Å². The maximum atomic E-state index is 11.5. The normalized spacial score (nSPS) is 11.7. The fourth-order valence-corrected chi connectivity index (χ4v) is 3.31. The number of rotatable bonds is 3. The van der Waals surface area contributed by atoms with Crippen molar-refractivity contribution in [3.05, 3.63) is 73.2 Å². The highest BCUT2D eigenvalue weighted by Gasteiger charge is 2.17. The summed E-state index contributed by atoms with van der Waals surface area (Å²) in [6.45, 7) is 0. The molecule has 0 radical (unpaired) electrons. The van der Waals surface area contributed by atoms with E-state index in [0.29, 0.717) is 0 Å².